The summed E-state index contributed by atoms with van der Waals surface area (Å²) >= 11 is 0. The number of aromatic carboxylic acids is 1. The van der Waals surface area contributed by atoms with Crippen molar-refractivity contribution in [3.8, 4) is 5.69 Å². The Labute approximate surface area is 200 Å². The highest BCUT2D eigenvalue weighted by Gasteiger charge is 2.31. The minimum Gasteiger partial charge on any atom is -0.545 e. The van der Waals surface area contributed by atoms with E-state index in [9.17, 15) is 37.5 Å². The first kappa shape index (κ1) is 24.8. The van der Waals surface area contributed by atoms with Crippen molar-refractivity contribution < 1.29 is 27.5 Å². The Kier molecular flexibility index (Phi) is 6.21. The summed E-state index contributed by atoms with van der Waals surface area (Å²) in [6, 6.07) is 7.16. The normalized spacial score (nSPS) is 12.7. The maximum absolute atomic E-state index is 13.5. The largest absolute Gasteiger partial charge is 0.545 e. The molecule has 1 unspecified atom stereocenters. The molecule has 4 rings (SSSR count). The van der Waals surface area contributed by atoms with Gasteiger partial charge in [-0.15, -0.1) is 0 Å². The van der Waals surface area contributed by atoms with Crippen LogP contribution < -0.4 is 22.1 Å². The van der Waals surface area contributed by atoms with Crippen molar-refractivity contribution in [3.63, 3.8) is 0 Å². The molecule has 0 saturated heterocycles. The number of nitrogens with zero attached hydrogens (tertiary/aromatic N) is 3. The number of carboxylic acid groups (broad SMARTS) is 1. The van der Waals surface area contributed by atoms with Crippen molar-refractivity contribution in [3.05, 3.63) is 96.7 Å². The highest BCUT2D eigenvalue weighted by atomic mass is 19.4. The van der Waals surface area contributed by atoms with Gasteiger partial charge in [0.25, 0.3) is 5.56 Å². The number of carboxylic acids is 1. The Hall–Kier alpha value is -4.35. The fourth-order valence-electron chi connectivity index (χ4n) is 4.09. The molecule has 4 aromatic rings. The van der Waals surface area contributed by atoms with E-state index in [2.05, 4.69) is 0 Å². The summed E-state index contributed by atoms with van der Waals surface area (Å²) in [4.78, 5) is 50.2. The Balaban J connectivity index is 2.01. The van der Waals surface area contributed by atoms with Crippen LogP contribution in [0.5, 0.6) is 0 Å². The van der Waals surface area contributed by atoms with Crippen LogP contribution in [-0.4, -0.2) is 19.7 Å². The number of alkyl halides is 3. The molecule has 0 aliphatic rings. The average molecular weight is 502 g/mol. The van der Waals surface area contributed by atoms with E-state index < -0.39 is 46.3 Å². The van der Waals surface area contributed by atoms with Gasteiger partial charge in [-0.25, -0.2) is 9.59 Å². The smallest absolute Gasteiger partial charge is 0.419 e. The minimum atomic E-state index is -4.67. The van der Waals surface area contributed by atoms with Gasteiger partial charge in [0, 0.05) is 19.3 Å². The van der Waals surface area contributed by atoms with Gasteiger partial charge in [-0.05, 0) is 36.2 Å². The van der Waals surface area contributed by atoms with Gasteiger partial charge in [-0.3, -0.25) is 18.5 Å². The van der Waals surface area contributed by atoms with Crippen LogP contribution in [0.4, 0.5) is 13.2 Å². The van der Waals surface area contributed by atoms with Crippen LogP contribution in [0.25, 0.3) is 16.8 Å². The third-order valence-electron chi connectivity index (χ3n) is 5.87. The SMILES string of the molecule is CCCC(c1cccc(C(F)(F)F)c1)n1c(=O)c(C(=O)[O-])cn(-c2ccc3c(c2)oc(=O)n3C)c1=O. The summed E-state index contributed by atoms with van der Waals surface area (Å²) in [5.74, 6) is -2.53. The number of hydrogen-bond donors (Lipinski definition) is 0. The van der Waals surface area contributed by atoms with Crippen LogP contribution in [0.1, 0.15) is 47.3 Å². The Morgan fingerprint density at radius 2 is 1.83 bits per heavy atom. The quantitative estimate of drug-likeness (QED) is 0.399. The zero-order valence-corrected chi connectivity index (χ0v) is 19.0. The van der Waals surface area contributed by atoms with Gasteiger partial charge in [-0.2, -0.15) is 13.2 Å². The number of halogens is 3. The molecule has 0 aliphatic heterocycles. The lowest BCUT2D eigenvalue weighted by atomic mass is 9.99. The molecule has 36 heavy (non-hydrogen) atoms. The van der Waals surface area contributed by atoms with E-state index in [1.54, 1.807) is 6.92 Å². The zero-order valence-electron chi connectivity index (χ0n) is 19.0. The molecule has 0 spiro atoms. The standard InChI is InChI=1S/C24H20F3N3O6/c1-3-5-17(13-6-4-7-14(10-13)24(25,26)27)30-20(31)16(21(32)33)12-29(22(30)34)15-8-9-18-19(11-15)36-23(35)28(18)2/h4,6-12,17H,3,5H2,1-2H3,(H,32,33)/p-1. The fourth-order valence-corrected chi connectivity index (χ4v) is 4.09. The highest BCUT2D eigenvalue weighted by Crippen LogP contribution is 2.32. The molecule has 0 amide bonds. The number of carbonyl (C=O) groups excluding carboxylic acids is 1. The van der Waals surface area contributed by atoms with Crippen LogP contribution in [0.2, 0.25) is 0 Å². The molecule has 0 fully saturated rings. The third kappa shape index (κ3) is 4.25. The average Bonchev–Trinajstić information content (AvgIpc) is 3.10. The summed E-state index contributed by atoms with van der Waals surface area (Å²) in [6.45, 7) is 1.71. The molecule has 2 heterocycles. The molecule has 188 valence electrons. The summed E-state index contributed by atoms with van der Waals surface area (Å²) in [6.07, 6.45) is -3.45. The summed E-state index contributed by atoms with van der Waals surface area (Å²) in [5, 5.41) is 11.8. The first-order valence-electron chi connectivity index (χ1n) is 10.8. The minimum absolute atomic E-state index is 0.0115. The van der Waals surface area contributed by atoms with Crippen molar-refractivity contribution in [1.29, 1.82) is 0 Å². The first-order chi connectivity index (χ1) is 16.9. The van der Waals surface area contributed by atoms with E-state index in [0.29, 0.717) is 16.5 Å². The zero-order chi connectivity index (χ0) is 26.4. The lowest BCUT2D eigenvalue weighted by Gasteiger charge is -2.22. The van der Waals surface area contributed by atoms with Gasteiger partial charge >= 0.3 is 17.6 Å². The van der Waals surface area contributed by atoms with Gasteiger partial charge in [0.05, 0.1) is 34.3 Å². The maximum Gasteiger partial charge on any atom is 0.419 e. The molecule has 0 bridgehead atoms. The molecule has 9 nitrogen and oxygen atoms in total. The van der Waals surface area contributed by atoms with Crippen LogP contribution in [0, 0.1) is 0 Å². The number of fused-ring (bicyclic) bond motifs is 1. The second kappa shape index (κ2) is 9.02. The Morgan fingerprint density at radius 1 is 1.11 bits per heavy atom. The number of hydrogen-bond acceptors (Lipinski definition) is 6. The van der Waals surface area contributed by atoms with Crippen LogP contribution in [0.3, 0.4) is 0 Å². The molecule has 0 radical (unpaired) electrons. The number of carbonyl (C=O) groups is 1. The fraction of sp³-hybridized carbons (Fsp3) is 0.250. The predicted octanol–water partition coefficient (Wildman–Crippen LogP) is 2.22. The third-order valence-corrected chi connectivity index (χ3v) is 5.87. The molecule has 2 aromatic heterocycles. The summed E-state index contributed by atoms with van der Waals surface area (Å²) in [5.41, 5.74) is -3.46. The van der Waals surface area contributed by atoms with E-state index in [1.807, 2.05) is 0 Å². The van der Waals surface area contributed by atoms with Gasteiger partial charge in [-0.1, -0.05) is 25.5 Å². The molecule has 0 aliphatic carbocycles. The lowest BCUT2D eigenvalue weighted by molar-refractivity contribution is -0.255. The van der Waals surface area contributed by atoms with Gasteiger partial charge in [0.1, 0.15) is 0 Å². The summed E-state index contributed by atoms with van der Waals surface area (Å²) < 4.78 is 47.8. The van der Waals surface area contributed by atoms with Crippen molar-refractivity contribution >= 4 is 17.1 Å². The van der Waals surface area contributed by atoms with Crippen LogP contribution in [-0.2, 0) is 13.2 Å². The van der Waals surface area contributed by atoms with Crippen molar-refractivity contribution in [1.82, 2.24) is 13.7 Å². The van der Waals surface area contributed by atoms with Crippen LogP contribution in [0.15, 0.2) is 67.5 Å². The van der Waals surface area contributed by atoms with Crippen molar-refractivity contribution in [2.24, 2.45) is 7.05 Å². The van der Waals surface area contributed by atoms with Crippen molar-refractivity contribution in [2.45, 2.75) is 32.0 Å². The Bertz CT molecular complexity index is 1660. The van der Waals surface area contributed by atoms with Gasteiger partial charge in [0.2, 0.25) is 0 Å². The first-order valence-corrected chi connectivity index (χ1v) is 10.8. The molecule has 1 atom stereocenters. The second-order valence-corrected chi connectivity index (χ2v) is 8.16. The maximum atomic E-state index is 13.5. The van der Waals surface area contributed by atoms with E-state index >= 15 is 0 Å². The van der Waals surface area contributed by atoms with Crippen LogP contribution >= 0.6 is 0 Å². The topological polar surface area (TPSA) is 119 Å². The lowest BCUT2D eigenvalue weighted by Crippen LogP contribution is -2.46. The van der Waals surface area contributed by atoms with Crippen molar-refractivity contribution in [2.75, 3.05) is 0 Å². The number of aryl methyl sites for hydroxylation is 1. The molecule has 2 aromatic carbocycles. The second-order valence-electron chi connectivity index (χ2n) is 8.16. The van der Waals surface area contributed by atoms with E-state index in [1.165, 1.54) is 35.9 Å². The molecular formula is C24H19F3N3O6-. The summed E-state index contributed by atoms with van der Waals surface area (Å²) in [7, 11) is 1.47. The molecular weight excluding hydrogens is 483 g/mol. The monoisotopic (exact) mass is 502 g/mol. The van der Waals surface area contributed by atoms with E-state index in [4.69, 9.17) is 4.42 Å². The predicted molar refractivity (Wildman–Crippen MR) is 120 cm³/mol. The Morgan fingerprint density at radius 3 is 2.47 bits per heavy atom. The highest BCUT2D eigenvalue weighted by molar-refractivity contribution is 5.85. The molecule has 12 heteroatoms. The van der Waals surface area contributed by atoms with Gasteiger partial charge < -0.3 is 14.3 Å². The molecule has 0 saturated carbocycles. The number of oxazole rings is 1. The van der Waals surface area contributed by atoms with E-state index in [0.717, 1.165) is 29.0 Å². The number of benzene rings is 2. The van der Waals surface area contributed by atoms with Gasteiger partial charge in [0.15, 0.2) is 5.58 Å². The van der Waals surface area contributed by atoms with E-state index in [-0.39, 0.29) is 23.3 Å². The molecule has 0 N–H and O–H groups in total. The number of aromatic nitrogens is 3. The number of rotatable bonds is 6.